The molecule has 0 bridgehead atoms. The molecule has 0 radical (unpaired) electrons. The SMILES string of the molecule is C1CCOC1.[H-].[Li+].c1ccc2ccccc2c1. The van der Waals surface area contributed by atoms with Gasteiger partial charge in [0.2, 0.25) is 0 Å². The summed E-state index contributed by atoms with van der Waals surface area (Å²) in [5, 5.41) is 2.62. The minimum absolute atomic E-state index is 0. The van der Waals surface area contributed by atoms with Crippen LogP contribution in [-0.4, -0.2) is 13.2 Å². The van der Waals surface area contributed by atoms with Gasteiger partial charge in [0.05, 0.1) is 0 Å². The molecule has 1 aliphatic rings. The summed E-state index contributed by atoms with van der Waals surface area (Å²) in [5.41, 5.74) is 0. The van der Waals surface area contributed by atoms with Gasteiger partial charge in [0.1, 0.15) is 0 Å². The molecule has 1 saturated heterocycles. The summed E-state index contributed by atoms with van der Waals surface area (Å²) in [6.45, 7) is 2.00. The van der Waals surface area contributed by atoms with Gasteiger partial charge in [0.15, 0.2) is 0 Å². The number of benzene rings is 2. The summed E-state index contributed by atoms with van der Waals surface area (Å²) in [7, 11) is 0. The summed E-state index contributed by atoms with van der Waals surface area (Å²) in [4.78, 5) is 0. The topological polar surface area (TPSA) is 9.23 Å². The molecule has 0 unspecified atom stereocenters. The van der Waals surface area contributed by atoms with Crippen molar-refractivity contribution in [1.82, 2.24) is 0 Å². The van der Waals surface area contributed by atoms with E-state index in [-0.39, 0.29) is 20.3 Å². The average Bonchev–Trinajstić information content (AvgIpc) is 2.88. The van der Waals surface area contributed by atoms with Crippen LogP contribution >= 0.6 is 0 Å². The normalized spacial score (nSPS) is 13.8. The minimum Gasteiger partial charge on any atom is -1.00 e. The zero-order valence-corrected chi connectivity index (χ0v) is 9.86. The van der Waals surface area contributed by atoms with Gasteiger partial charge in [0.25, 0.3) is 0 Å². The number of hydrogen-bond donors (Lipinski definition) is 0. The predicted octanol–water partition coefficient (Wildman–Crippen LogP) is 0.753. The van der Waals surface area contributed by atoms with Gasteiger partial charge in [-0.15, -0.1) is 0 Å². The van der Waals surface area contributed by atoms with Gasteiger partial charge in [-0.05, 0) is 23.6 Å². The van der Waals surface area contributed by atoms with E-state index in [4.69, 9.17) is 4.74 Å². The van der Waals surface area contributed by atoms with E-state index in [0.29, 0.717) is 0 Å². The van der Waals surface area contributed by atoms with E-state index in [9.17, 15) is 0 Å². The Balaban J connectivity index is 0.000000318. The largest absolute Gasteiger partial charge is 1.00 e. The van der Waals surface area contributed by atoms with Crippen molar-refractivity contribution >= 4 is 10.8 Å². The zero-order valence-electron chi connectivity index (χ0n) is 10.9. The number of rotatable bonds is 0. The van der Waals surface area contributed by atoms with Crippen molar-refractivity contribution in [3.63, 3.8) is 0 Å². The molecule has 1 nitrogen and oxygen atoms in total. The van der Waals surface area contributed by atoms with Crippen LogP contribution in [0.25, 0.3) is 10.8 Å². The van der Waals surface area contributed by atoms with Crippen molar-refractivity contribution in [2.75, 3.05) is 13.2 Å². The molecule has 0 saturated carbocycles. The molecule has 0 atom stereocenters. The maximum absolute atomic E-state index is 4.94. The molecule has 0 N–H and O–H groups in total. The Morgan fingerprint density at radius 1 is 0.750 bits per heavy atom. The van der Waals surface area contributed by atoms with Crippen LogP contribution < -0.4 is 18.9 Å². The minimum atomic E-state index is 0. The Kier molecular flexibility index (Phi) is 6.26. The molecule has 80 valence electrons. The molecule has 1 fully saturated rings. The maximum Gasteiger partial charge on any atom is 1.00 e. The smallest absolute Gasteiger partial charge is 1.00 e. The summed E-state index contributed by atoms with van der Waals surface area (Å²) < 4.78 is 4.94. The molecular formula is C14H17LiO. The van der Waals surface area contributed by atoms with E-state index in [1.54, 1.807) is 0 Å². The van der Waals surface area contributed by atoms with Crippen LogP contribution in [-0.2, 0) is 4.74 Å². The first-order valence-electron chi connectivity index (χ1n) is 5.48. The summed E-state index contributed by atoms with van der Waals surface area (Å²) in [5.74, 6) is 0. The molecule has 3 rings (SSSR count). The summed E-state index contributed by atoms with van der Waals surface area (Å²) in [6, 6.07) is 16.7. The van der Waals surface area contributed by atoms with Crippen LogP contribution in [0.5, 0.6) is 0 Å². The van der Waals surface area contributed by atoms with Gasteiger partial charge in [-0.2, -0.15) is 0 Å². The second kappa shape index (κ2) is 7.52. The first kappa shape index (κ1) is 13.3. The predicted molar refractivity (Wildman–Crippen MR) is 65.1 cm³/mol. The fourth-order valence-corrected chi connectivity index (χ4v) is 1.64. The number of hydrogen-bond acceptors (Lipinski definition) is 1. The van der Waals surface area contributed by atoms with Gasteiger partial charge in [-0.3, -0.25) is 0 Å². The van der Waals surface area contributed by atoms with Crippen molar-refractivity contribution in [2.24, 2.45) is 0 Å². The molecule has 1 heterocycles. The van der Waals surface area contributed by atoms with Gasteiger partial charge in [-0.25, -0.2) is 0 Å². The molecule has 16 heavy (non-hydrogen) atoms. The van der Waals surface area contributed by atoms with E-state index in [1.807, 2.05) is 0 Å². The van der Waals surface area contributed by atoms with Crippen molar-refractivity contribution < 1.29 is 25.0 Å². The van der Waals surface area contributed by atoms with E-state index in [1.165, 1.54) is 23.6 Å². The zero-order chi connectivity index (χ0) is 10.3. The molecule has 0 aromatic heterocycles. The first-order valence-corrected chi connectivity index (χ1v) is 5.48. The monoisotopic (exact) mass is 208 g/mol. The van der Waals surface area contributed by atoms with Crippen LogP contribution in [0.15, 0.2) is 48.5 Å². The van der Waals surface area contributed by atoms with Crippen LogP contribution in [0.2, 0.25) is 0 Å². The fraction of sp³-hybridized carbons (Fsp3) is 0.286. The fourth-order valence-electron chi connectivity index (χ4n) is 1.64. The molecule has 0 aliphatic carbocycles. The summed E-state index contributed by atoms with van der Waals surface area (Å²) >= 11 is 0. The first-order chi connectivity index (χ1) is 7.47. The third-order valence-corrected chi connectivity index (χ3v) is 2.49. The van der Waals surface area contributed by atoms with Gasteiger partial charge >= 0.3 is 18.9 Å². The third-order valence-electron chi connectivity index (χ3n) is 2.49. The molecule has 2 heteroatoms. The molecular weight excluding hydrogens is 191 g/mol. The van der Waals surface area contributed by atoms with Gasteiger partial charge < -0.3 is 6.16 Å². The van der Waals surface area contributed by atoms with E-state index in [2.05, 4.69) is 48.5 Å². The molecule has 0 spiro atoms. The standard InChI is InChI=1S/C10H8.C4H8O.Li.H/c1-2-6-10-8-4-3-7-9(10)5-1;1-2-4-5-3-1;;/h1-8H;1-4H2;;/q;;+1;-1. The molecule has 1 aliphatic heterocycles. The van der Waals surface area contributed by atoms with E-state index >= 15 is 0 Å². The van der Waals surface area contributed by atoms with Gasteiger partial charge in [0, 0.05) is 13.2 Å². The van der Waals surface area contributed by atoms with Crippen LogP contribution in [0, 0.1) is 0 Å². The Hall–Kier alpha value is -0.743. The van der Waals surface area contributed by atoms with E-state index in [0.717, 1.165) is 13.2 Å². The van der Waals surface area contributed by atoms with Crippen molar-refractivity contribution in [3.05, 3.63) is 48.5 Å². The Morgan fingerprint density at radius 3 is 1.38 bits per heavy atom. The maximum atomic E-state index is 4.94. The molecule has 2 aromatic rings. The Bertz CT molecular complexity index is 343. The number of ether oxygens (including phenoxy) is 1. The number of fused-ring (bicyclic) bond motifs is 1. The van der Waals surface area contributed by atoms with Crippen molar-refractivity contribution in [2.45, 2.75) is 12.8 Å². The van der Waals surface area contributed by atoms with Crippen LogP contribution in [0.4, 0.5) is 0 Å². The molecule has 2 aromatic carbocycles. The van der Waals surface area contributed by atoms with Gasteiger partial charge in [-0.1, -0.05) is 48.5 Å². The summed E-state index contributed by atoms with van der Waals surface area (Å²) in [6.07, 6.45) is 2.56. The quantitative estimate of drug-likeness (QED) is 0.581. The molecule has 0 amide bonds. The van der Waals surface area contributed by atoms with Crippen molar-refractivity contribution in [3.8, 4) is 0 Å². The second-order valence-corrected chi connectivity index (χ2v) is 3.67. The Morgan fingerprint density at radius 2 is 1.12 bits per heavy atom. The van der Waals surface area contributed by atoms with Crippen molar-refractivity contribution in [1.29, 1.82) is 0 Å². The van der Waals surface area contributed by atoms with E-state index < -0.39 is 0 Å². The second-order valence-electron chi connectivity index (χ2n) is 3.67. The third kappa shape index (κ3) is 4.02. The average molecular weight is 208 g/mol. The van der Waals surface area contributed by atoms with Crippen LogP contribution in [0.3, 0.4) is 0 Å². The van der Waals surface area contributed by atoms with Crippen LogP contribution in [0.1, 0.15) is 14.3 Å². The Labute approximate surface area is 110 Å².